The Hall–Kier alpha value is -0.760. The molecule has 0 aliphatic heterocycles. The molecule has 3 N–H and O–H groups in total. The van der Waals surface area contributed by atoms with Gasteiger partial charge in [0.05, 0.1) is 0 Å². The van der Waals surface area contributed by atoms with Gasteiger partial charge >= 0.3 is 0 Å². The van der Waals surface area contributed by atoms with E-state index in [1.165, 1.54) is 36.2 Å². The van der Waals surface area contributed by atoms with Crippen LogP contribution < -0.4 is 5.73 Å². The molecule has 0 spiro atoms. The minimum atomic E-state index is 0.599. The van der Waals surface area contributed by atoms with Gasteiger partial charge < -0.3 is 10.7 Å². The average Bonchev–Trinajstić information content (AvgIpc) is 2.67. The summed E-state index contributed by atoms with van der Waals surface area (Å²) in [6.07, 6.45) is 4.85. The summed E-state index contributed by atoms with van der Waals surface area (Å²) in [7, 11) is 0. The van der Waals surface area contributed by atoms with E-state index in [1.54, 1.807) is 5.56 Å². The highest BCUT2D eigenvalue weighted by molar-refractivity contribution is 5.41. The maximum Gasteiger partial charge on any atom is 0.0211 e. The summed E-state index contributed by atoms with van der Waals surface area (Å²) >= 11 is 0. The molecule has 0 bridgehead atoms. The lowest BCUT2D eigenvalue weighted by Gasteiger charge is -2.08. The normalized spacial score (nSPS) is 15.1. The first-order valence-corrected chi connectivity index (χ1v) is 5.66. The molecule has 0 saturated carbocycles. The van der Waals surface area contributed by atoms with E-state index in [4.69, 9.17) is 5.73 Å². The predicted molar refractivity (Wildman–Crippen MR) is 59.7 cm³/mol. The van der Waals surface area contributed by atoms with E-state index in [1.807, 2.05) is 0 Å². The van der Waals surface area contributed by atoms with E-state index >= 15 is 0 Å². The second-order valence-corrected chi connectivity index (χ2v) is 4.52. The van der Waals surface area contributed by atoms with Gasteiger partial charge in [0.15, 0.2) is 0 Å². The summed E-state index contributed by atoms with van der Waals surface area (Å²) in [4.78, 5) is 3.59. The Labute approximate surface area is 85.9 Å². The molecule has 1 aliphatic rings. The van der Waals surface area contributed by atoms with Crippen molar-refractivity contribution >= 4 is 0 Å². The molecule has 1 aromatic heterocycles. The number of aromatic nitrogens is 1. The lowest BCUT2D eigenvalue weighted by Crippen LogP contribution is -2.06. The van der Waals surface area contributed by atoms with Crippen LogP contribution in [0.3, 0.4) is 0 Å². The first kappa shape index (κ1) is 9.78. The van der Waals surface area contributed by atoms with Crippen molar-refractivity contribution in [2.75, 3.05) is 6.54 Å². The van der Waals surface area contributed by atoms with Gasteiger partial charge in [-0.25, -0.2) is 0 Å². The molecular formula is C12H20N2. The molecule has 0 unspecified atom stereocenters. The van der Waals surface area contributed by atoms with E-state index in [0.29, 0.717) is 5.92 Å². The van der Waals surface area contributed by atoms with E-state index in [9.17, 15) is 0 Å². The summed E-state index contributed by atoms with van der Waals surface area (Å²) in [6.45, 7) is 5.27. The molecule has 0 atom stereocenters. The Bertz CT molecular complexity index is 323. The van der Waals surface area contributed by atoms with Crippen molar-refractivity contribution in [2.45, 2.75) is 45.4 Å². The Morgan fingerprint density at radius 1 is 1.36 bits per heavy atom. The number of H-pyrrole nitrogens is 1. The van der Waals surface area contributed by atoms with Crippen molar-refractivity contribution < 1.29 is 0 Å². The van der Waals surface area contributed by atoms with Crippen molar-refractivity contribution in [3.05, 3.63) is 22.5 Å². The second-order valence-electron chi connectivity index (χ2n) is 4.52. The summed E-state index contributed by atoms with van der Waals surface area (Å²) in [5, 5.41) is 0. The number of rotatable bonds is 3. The number of fused-ring (bicyclic) bond motifs is 1. The number of nitrogens with two attached hydrogens (primary N) is 1. The molecule has 0 amide bonds. The number of hydrogen-bond acceptors (Lipinski definition) is 1. The van der Waals surface area contributed by atoms with Gasteiger partial charge in [0.25, 0.3) is 0 Å². The van der Waals surface area contributed by atoms with Crippen molar-refractivity contribution in [1.29, 1.82) is 0 Å². The maximum absolute atomic E-state index is 5.67. The summed E-state index contributed by atoms with van der Waals surface area (Å²) in [6, 6.07) is 0. The molecule has 0 fully saturated rings. The van der Waals surface area contributed by atoms with Crippen molar-refractivity contribution in [3.63, 3.8) is 0 Å². The van der Waals surface area contributed by atoms with Crippen LogP contribution in [0.2, 0.25) is 0 Å². The second kappa shape index (κ2) is 3.77. The summed E-state index contributed by atoms with van der Waals surface area (Å²) in [5.74, 6) is 0.599. The van der Waals surface area contributed by atoms with Crippen LogP contribution in [0.4, 0.5) is 0 Å². The number of aryl methyl sites for hydroxylation is 1. The Balaban J connectivity index is 2.40. The fourth-order valence-corrected chi connectivity index (χ4v) is 2.54. The van der Waals surface area contributed by atoms with Crippen LogP contribution in [0.15, 0.2) is 0 Å². The molecule has 0 radical (unpaired) electrons. The minimum absolute atomic E-state index is 0.599. The SMILES string of the molecule is CC(C)c1[nH]c2c(c1CCN)CCC2. The molecule has 1 heterocycles. The largest absolute Gasteiger partial charge is 0.362 e. The molecule has 2 heteroatoms. The first-order chi connectivity index (χ1) is 6.74. The molecule has 1 aromatic rings. The van der Waals surface area contributed by atoms with E-state index in [-0.39, 0.29) is 0 Å². The molecule has 14 heavy (non-hydrogen) atoms. The van der Waals surface area contributed by atoms with Gasteiger partial charge in [0.2, 0.25) is 0 Å². The fraction of sp³-hybridized carbons (Fsp3) is 0.667. The van der Waals surface area contributed by atoms with Crippen LogP contribution in [0.1, 0.15) is 48.7 Å². The maximum atomic E-state index is 5.67. The van der Waals surface area contributed by atoms with Gasteiger partial charge in [-0.3, -0.25) is 0 Å². The Morgan fingerprint density at radius 2 is 2.14 bits per heavy atom. The number of nitrogens with one attached hydrogen (secondary N) is 1. The predicted octanol–water partition coefficient (Wildman–Crippen LogP) is 2.13. The number of hydrogen-bond donors (Lipinski definition) is 2. The van der Waals surface area contributed by atoms with Gasteiger partial charge in [-0.05, 0) is 49.3 Å². The quantitative estimate of drug-likeness (QED) is 0.757. The molecule has 0 saturated heterocycles. The number of aromatic amines is 1. The molecule has 0 aromatic carbocycles. The lowest BCUT2D eigenvalue weighted by molar-refractivity contribution is 0.781. The van der Waals surface area contributed by atoms with Crippen LogP contribution in [0.25, 0.3) is 0 Å². The average molecular weight is 192 g/mol. The third kappa shape index (κ3) is 1.48. The summed E-state index contributed by atoms with van der Waals surface area (Å²) in [5.41, 5.74) is 11.7. The van der Waals surface area contributed by atoms with Crippen LogP contribution in [0.5, 0.6) is 0 Å². The van der Waals surface area contributed by atoms with Gasteiger partial charge in [-0.1, -0.05) is 13.8 Å². The monoisotopic (exact) mass is 192 g/mol. The highest BCUT2D eigenvalue weighted by Crippen LogP contribution is 2.31. The topological polar surface area (TPSA) is 41.8 Å². The van der Waals surface area contributed by atoms with Gasteiger partial charge in [-0.2, -0.15) is 0 Å². The lowest BCUT2D eigenvalue weighted by atomic mass is 9.99. The first-order valence-electron chi connectivity index (χ1n) is 5.66. The van der Waals surface area contributed by atoms with Gasteiger partial charge in [0.1, 0.15) is 0 Å². The molecule has 1 aliphatic carbocycles. The minimum Gasteiger partial charge on any atom is -0.362 e. The van der Waals surface area contributed by atoms with Crippen molar-refractivity contribution in [1.82, 2.24) is 4.98 Å². The van der Waals surface area contributed by atoms with E-state index < -0.39 is 0 Å². The third-order valence-corrected chi connectivity index (χ3v) is 3.16. The Kier molecular flexibility index (Phi) is 2.64. The fourth-order valence-electron chi connectivity index (χ4n) is 2.54. The molecule has 2 nitrogen and oxygen atoms in total. The highest BCUT2D eigenvalue weighted by Gasteiger charge is 2.21. The van der Waals surface area contributed by atoms with E-state index in [0.717, 1.165) is 13.0 Å². The highest BCUT2D eigenvalue weighted by atomic mass is 14.8. The Morgan fingerprint density at radius 3 is 2.79 bits per heavy atom. The smallest absolute Gasteiger partial charge is 0.0211 e. The van der Waals surface area contributed by atoms with Crippen molar-refractivity contribution in [2.24, 2.45) is 5.73 Å². The van der Waals surface area contributed by atoms with Crippen molar-refractivity contribution in [3.8, 4) is 0 Å². The zero-order valence-corrected chi connectivity index (χ0v) is 9.19. The molecule has 2 rings (SSSR count). The zero-order valence-electron chi connectivity index (χ0n) is 9.19. The third-order valence-electron chi connectivity index (χ3n) is 3.16. The van der Waals surface area contributed by atoms with E-state index in [2.05, 4.69) is 18.8 Å². The summed E-state index contributed by atoms with van der Waals surface area (Å²) < 4.78 is 0. The molecule has 78 valence electrons. The van der Waals surface area contributed by atoms with Crippen LogP contribution in [0, 0.1) is 0 Å². The molecular weight excluding hydrogens is 172 g/mol. The van der Waals surface area contributed by atoms with Crippen LogP contribution in [-0.2, 0) is 19.3 Å². The van der Waals surface area contributed by atoms with Crippen LogP contribution >= 0.6 is 0 Å². The zero-order chi connectivity index (χ0) is 10.1. The van der Waals surface area contributed by atoms with Gasteiger partial charge in [0, 0.05) is 11.4 Å². The van der Waals surface area contributed by atoms with Crippen LogP contribution in [-0.4, -0.2) is 11.5 Å². The standard InChI is InChI=1S/C12H20N2/c1-8(2)12-10(6-7-13)9-4-3-5-11(9)14-12/h8,14H,3-7,13H2,1-2H3. The van der Waals surface area contributed by atoms with Gasteiger partial charge in [-0.15, -0.1) is 0 Å².